The van der Waals surface area contributed by atoms with Gasteiger partial charge in [-0.1, -0.05) is 11.6 Å². The molecule has 0 amide bonds. The third-order valence-corrected chi connectivity index (χ3v) is 3.41. The van der Waals surface area contributed by atoms with Crippen LogP contribution < -0.4 is 15.8 Å². The van der Waals surface area contributed by atoms with Crippen LogP contribution in [0.1, 0.15) is 12.5 Å². The molecule has 0 bridgehead atoms. The van der Waals surface area contributed by atoms with E-state index in [0.717, 1.165) is 6.29 Å². The Bertz CT molecular complexity index is 819. The van der Waals surface area contributed by atoms with Gasteiger partial charge < -0.3 is 20.9 Å². The number of dihydropyridines is 1. The Morgan fingerprint density at radius 1 is 1.36 bits per heavy atom. The second-order valence-corrected chi connectivity index (χ2v) is 5.00. The van der Waals surface area contributed by atoms with Crippen molar-refractivity contribution in [1.82, 2.24) is 5.32 Å². The molecule has 4 N–H and O–H groups in total. The standard InChI is InChI=1S/C15H11ClF4N2O3/c1-2-24-14(23)13-12(16)9(21)5-10(22-13)6-3-8(18)11(4-7(6)17)25-15(19)20/h2-5,15,22H,21H2,1H3/p+1. The molecule has 0 spiro atoms. The Morgan fingerprint density at radius 3 is 2.64 bits per heavy atom. The summed E-state index contributed by atoms with van der Waals surface area (Å²) >= 11 is 5.93. The van der Waals surface area contributed by atoms with E-state index in [4.69, 9.17) is 21.8 Å². The van der Waals surface area contributed by atoms with E-state index in [1.165, 1.54) is 13.0 Å². The van der Waals surface area contributed by atoms with Gasteiger partial charge in [0.15, 0.2) is 17.9 Å². The van der Waals surface area contributed by atoms with Gasteiger partial charge in [0.2, 0.25) is 5.70 Å². The average Bonchev–Trinajstić information content (AvgIpc) is 2.52. The minimum atomic E-state index is -3.31. The molecule has 2 rings (SSSR count). The number of aldehydes is 1. The van der Waals surface area contributed by atoms with Gasteiger partial charge in [-0.2, -0.15) is 8.78 Å². The first-order valence-electron chi connectivity index (χ1n) is 6.70. The topological polar surface area (TPSA) is 78.8 Å². The summed E-state index contributed by atoms with van der Waals surface area (Å²) in [7, 11) is 0. The maximum atomic E-state index is 14.2. The van der Waals surface area contributed by atoms with Crippen molar-refractivity contribution in [2.24, 2.45) is 5.73 Å². The number of aliphatic hydroxyl groups is 1. The monoisotopic (exact) mass is 379 g/mol. The van der Waals surface area contributed by atoms with Crippen molar-refractivity contribution in [1.29, 1.82) is 0 Å². The fourth-order valence-electron chi connectivity index (χ4n) is 1.97. The normalized spacial score (nSPS) is 17.0. The number of hydrogen-bond donors (Lipinski definition) is 3. The van der Waals surface area contributed by atoms with Crippen molar-refractivity contribution < 1.29 is 31.8 Å². The minimum Gasteiger partial charge on any atom is -0.432 e. The highest BCUT2D eigenvalue weighted by molar-refractivity contribution is 6.32. The van der Waals surface area contributed by atoms with Crippen LogP contribution in [-0.2, 0) is 4.42 Å². The lowest BCUT2D eigenvalue weighted by molar-refractivity contribution is -0.431. The van der Waals surface area contributed by atoms with E-state index in [0.29, 0.717) is 12.1 Å². The Labute approximate surface area is 144 Å². The second kappa shape index (κ2) is 7.47. The van der Waals surface area contributed by atoms with Gasteiger partial charge in [0.25, 0.3) is 0 Å². The molecule has 0 saturated carbocycles. The molecule has 10 heteroatoms. The van der Waals surface area contributed by atoms with Crippen LogP contribution >= 0.6 is 11.6 Å². The summed E-state index contributed by atoms with van der Waals surface area (Å²) in [6.45, 7) is -1.83. The molecule has 1 heterocycles. The second-order valence-electron chi connectivity index (χ2n) is 4.63. The van der Waals surface area contributed by atoms with Crippen LogP contribution in [0.3, 0.4) is 0 Å². The maximum Gasteiger partial charge on any atom is 0.541 e. The van der Waals surface area contributed by atoms with Gasteiger partial charge in [-0.05, 0) is 12.1 Å². The average molecular weight is 380 g/mol. The van der Waals surface area contributed by atoms with Crippen LogP contribution in [0.4, 0.5) is 17.6 Å². The molecule has 134 valence electrons. The minimum absolute atomic E-state index is 0.0654. The van der Waals surface area contributed by atoms with Crippen molar-refractivity contribution >= 4 is 23.6 Å². The fourth-order valence-corrected chi connectivity index (χ4v) is 2.16. The Morgan fingerprint density at radius 2 is 2.04 bits per heavy atom. The Balaban J connectivity index is 2.51. The number of nitrogens with two attached hydrogens (primary N) is 1. The Kier molecular flexibility index (Phi) is 5.58. The fraction of sp³-hybridized carbons (Fsp3) is 0.133. The number of carbonyl (C=O) groups excluding carboxylic acids is 1. The van der Waals surface area contributed by atoms with Crippen LogP contribution in [0, 0.1) is 11.6 Å². The summed E-state index contributed by atoms with van der Waals surface area (Å²) < 4.78 is 61.0. The van der Waals surface area contributed by atoms with Gasteiger partial charge in [0, 0.05) is 18.6 Å². The quantitative estimate of drug-likeness (QED) is 0.324. The zero-order chi connectivity index (χ0) is 18.7. The SMILES string of the molecule is CC=[O+]C(O)=C1NC(c2cc(F)c(OC(F)F)cc2F)=CC(N)=C1Cl. The van der Waals surface area contributed by atoms with Crippen molar-refractivity contribution in [2.45, 2.75) is 13.5 Å². The summed E-state index contributed by atoms with van der Waals surface area (Å²) in [5.74, 6) is -3.88. The molecule has 5 nitrogen and oxygen atoms in total. The number of ether oxygens (including phenoxy) is 1. The summed E-state index contributed by atoms with van der Waals surface area (Å²) in [5.41, 5.74) is 5.02. The summed E-state index contributed by atoms with van der Waals surface area (Å²) in [6, 6.07) is 1.11. The summed E-state index contributed by atoms with van der Waals surface area (Å²) in [4.78, 5) is 0. The number of halogens is 5. The number of hydrogen-bond acceptors (Lipinski definition) is 4. The molecule has 0 radical (unpaired) electrons. The maximum absolute atomic E-state index is 14.2. The van der Waals surface area contributed by atoms with Crippen molar-refractivity contribution in [3.8, 4) is 5.75 Å². The van der Waals surface area contributed by atoms with E-state index in [1.54, 1.807) is 0 Å². The first-order chi connectivity index (χ1) is 11.7. The molecular weight excluding hydrogens is 368 g/mol. The lowest BCUT2D eigenvalue weighted by atomic mass is 10.1. The number of benzene rings is 1. The van der Waals surface area contributed by atoms with Crippen molar-refractivity contribution in [3.63, 3.8) is 0 Å². The number of nitrogens with one attached hydrogen (secondary N) is 1. The number of aliphatic hydroxyl groups excluding tert-OH is 1. The molecule has 0 unspecified atom stereocenters. The smallest absolute Gasteiger partial charge is 0.432 e. The van der Waals surface area contributed by atoms with E-state index < -0.39 is 29.9 Å². The van der Waals surface area contributed by atoms with E-state index >= 15 is 0 Å². The van der Waals surface area contributed by atoms with Crippen LogP contribution in [-0.4, -0.2) is 18.0 Å². The number of rotatable bonds is 4. The molecule has 0 aromatic heterocycles. The molecule has 0 saturated heterocycles. The predicted molar refractivity (Wildman–Crippen MR) is 82.6 cm³/mol. The van der Waals surface area contributed by atoms with Crippen LogP contribution in [0.15, 0.2) is 40.6 Å². The number of allylic oxidation sites excluding steroid dienone is 2. The zero-order valence-electron chi connectivity index (χ0n) is 12.6. The summed E-state index contributed by atoms with van der Waals surface area (Å²) in [6.07, 6.45) is 2.33. The Hall–Kier alpha value is -2.68. The highest BCUT2D eigenvalue weighted by Crippen LogP contribution is 2.31. The predicted octanol–water partition coefficient (Wildman–Crippen LogP) is 3.40. The highest BCUT2D eigenvalue weighted by Gasteiger charge is 2.27. The molecule has 1 aliphatic rings. The van der Waals surface area contributed by atoms with Crippen LogP contribution in [0.25, 0.3) is 5.70 Å². The zero-order valence-corrected chi connectivity index (χ0v) is 13.4. The third kappa shape index (κ3) is 4.05. The van der Waals surface area contributed by atoms with E-state index in [2.05, 4.69) is 10.1 Å². The van der Waals surface area contributed by atoms with Crippen molar-refractivity contribution in [3.05, 3.63) is 57.8 Å². The molecule has 0 aliphatic carbocycles. The highest BCUT2D eigenvalue weighted by atomic mass is 35.5. The molecular formula is C15H12ClF4N2O3+. The van der Waals surface area contributed by atoms with E-state index in [-0.39, 0.29) is 27.7 Å². The molecule has 1 aliphatic heterocycles. The van der Waals surface area contributed by atoms with Crippen LogP contribution in [0.2, 0.25) is 0 Å². The van der Waals surface area contributed by atoms with Crippen LogP contribution in [0.5, 0.6) is 5.75 Å². The lowest BCUT2D eigenvalue weighted by Gasteiger charge is -2.18. The van der Waals surface area contributed by atoms with E-state index in [9.17, 15) is 22.7 Å². The lowest BCUT2D eigenvalue weighted by Crippen LogP contribution is -2.22. The molecule has 1 aromatic rings. The first-order valence-corrected chi connectivity index (χ1v) is 7.08. The molecule has 0 fully saturated rings. The van der Waals surface area contributed by atoms with E-state index in [1.807, 2.05) is 0 Å². The summed E-state index contributed by atoms with van der Waals surface area (Å²) in [5, 5.41) is 12.2. The van der Waals surface area contributed by atoms with Gasteiger partial charge in [0.05, 0.1) is 11.4 Å². The van der Waals surface area contributed by atoms with Gasteiger partial charge in [0.1, 0.15) is 10.8 Å². The van der Waals surface area contributed by atoms with Crippen molar-refractivity contribution in [2.75, 3.05) is 0 Å². The molecule has 0 atom stereocenters. The van der Waals surface area contributed by atoms with Gasteiger partial charge >= 0.3 is 12.6 Å². The molecule has 1 aromatic carbocycles. The first kappa shape index (κ1) is 18.7. The third-order valence-electron chi connectivity index (χ3n) is 3.00. The van der Waals surface area contributed by atoms with Gasteiger partial charge in [-0.3, -0.25) is 4.42 Å². The number of alkyl halides is 2. The molecule has 25 heavy (non-hydrogen) atoms. The van der Waals surface area contributed by atoms with Gasteiger partial charge in [-0.25, -0.2) is 8.78 Å². The largest absolute Gasteiger partial charge is 0.541 e. The van der Waals surface area contributed by atoms with Gasteiger partial charge in [-0.15, -0.1) is 0 Å².